The smallest absolute Gasteiger partial charge is 0.291 e. The number of nitrogens with zero attached hydrogens (tertiary/aromatic N) is 2. The molecular weight excluding hydrogens is 278 g/mol. The van der Waals surface area contributed by atoms with E-state index in [-0.39, 0.29) is 11.0 Å². The molecule has 1 amide bonds. The van der Waals surface area contributed by atoms with Crippen molar-refractivity contribution in [2.75, 3.05) is 5.32 Å². The van der Waals surface area contributed by atoms with E-state index in [2.05, 4.69) is 5.32 Å². The fraction of sp³-hybridized carbons (Fsp3) is 0.412. The van der Waals surface area contributed by atoms with Gasteiger partial charge in [-0.25, -0.2) is 4.68 Å². The van der Waals surface area contributed by atoms with Gasteiger partial charge in [-0.05, 0) is 18.6 Å². The fourth-order valence-electron chi connectivity index (χ4n) is 2.68. The Bertz CT molecular complexity index is 706. The molecule has 0 aliphatic heterocycles. The highest BCUT2D eigenvalue weighted by Crippen LogP contribution is 2.30. The molecule has 0 unspecified atom stereocenters. The van der Waals surface area contributed by atoms with Crippen LogP contribution in [0.25, 0.3) is 5.69 Å². The summed E-state index contributed by atoms with van der Waals surface area (Å²) in [4.78, 5) is 23.7. The first kappa shape index (κ1) is 16.1. The van der Waals surface area contributed by atoms with Gasteiger partial charge in [0.25, 0.3) is 5.56 Å². The summed E-state index contributed by atoms with van der Waals surface area (Å²) in [6, 6.07) is 9.75. The number of amides is 1. The van der Waals surface area contributed by atoms with Crippen molar-refractivity contribution in [1.82, 2.24) is 9.36 Å². The van der Waals surface area contributed by atoms with Gasteiger partial charge in [0.15, 0.2) is 0 Å². The Hall–Kier alpha value is -2.30. The van der Waals surface area contributed by atoms with Crippen LogP contribution in [0.2, 0.25) is 0 Å². The van der Waals surface area contributed by atoms with Crippen molar-refractivity contribution in [2.24, 2.45) is 0 Å². The molecule has 0 bridgehead atoms. The molecule has 5 nitrogen and oxygen atoms in total. The minimum Gasteiger partial charge on any atom is -0.323 e. The number of nitrogens with one attached hydrogen (secondary N) is 1. The van der Waals surface area contributed by atoms with E-state index in [4.69, 9.17) is 0 Å². The van der Waals surface area contributed by atoms with Gasteiger partial charge in [0.05, 0.1) is 11.4 Å². The van der Waals surface area contributed by atoms with Crippen LogP contribution in [0.5, 0.6) is 0 Å². The summed E-state index contributed by atoms with van der Waals surface area (Å²) in [5.41, 5.74) is 1.63. The lowest BCUT2D eigenvalue weighted by Gasteiger charge is -2.24. The number of hydrogen-bond acceptors (Lipinski definition) is 2. The van der Waals surface area contributed by atoms with Gasteiger partial charge in [0.1, 0.15) is 5.69 Å². The molecule has 0 saturated heterocycles. The van der Waals surface area contributed by atoms with Crippen LogP contribution >= 0.6 is 0 Å². The molecule has 2 rings (SSSR count). The molecule has 1 heterocycles. The Labute approximate surface area is 130 Å². The van der Waals surface area contributed by atoms with Gasteiger partial charge in [-0.1, -0.05) is 45.9 Å². The lowest BCUT2D eigenvalue weighted by atomic mass is 9.91. The molecule has 5 heteroatoms. The van der Waals surface area contributed by atoms with Gasteiger partial charge >= 0.3 is 0 Å². The third-order valence-electron chi connectivity index (χ3n) is 3.49. The van der Waals surface area contributed by atoms with E-state index in [0.29, 0.717) is 18.6 Å². The van der Waals surface area contributed by atoms with Crippen molar-refractivity contribution in [3.05, 3.63) is 46.4 Å². The molecule has 1 aromatic carbocycles. The van der Waals surface area contributed by atoms with Crippen LogP contribution < -0.4 is 10.9 Å². The first-order valence-electron chi connectivity index (χ1n) is 7.53. The maximum absolute atomic E-state index is 12.7. The third kappa shape index (κ3) is 2.84. The minimum atomic E-state index is -0.292. The van der Waals surface area contributed by atoms with Gasteiger partial charge < -0.3 is 5.32 Å². The van der Waals surface area contributed by atoms with Crippen LogP contribution in [-0.2, 0) is 16.8 Å². The zero-order chi connectivity index (χ0) is 16.3. The summed E-state index contributed by atoms with van der Waals surface area (Å²) < 4.78 is 3.62. The molecule has 0 saturated carbocycles. The highest BCUT2D eigenvalue weighted by molar-refractivity contribution is 5.73. The van der Waals surface area contributed by atoms with Crippen molar-refractivity contribution in [3.8, 4) is 5.69 Å². The van der Waals surface area contributed by atoms with Crippen molar-refractivity contribution in [2.45, 2.75) is 46.1 Å². The third-order valence-corrected chi connectivity index (χ3v) is 3.49. The summed E-state index contributed by atoms with van der Waals surface area (Å²) >= 11 is 0. The number of para-hydroxylation sites is 1. The van der Waals surface area contributed by atoms with Gasteiger partial charge in [-0.3, -0.25) is 14.3 Å². The number of carbonyl (C=O) groups excluding carboxylic acids is 1. The van der Waals surface area contributed by atoms with Crippen LogP contribution in [0, 0.1) is 0 Å². The van der Waals surface area contributed by atoms with E-state index in [0.717, 1.165) is 17.8 Å². The standard InChI is InChI=1S/C17H23N3O2/c1-5-11-19-16(22)14(18-12-21)15(17(2,3)4)20(19)13-9-7-6-8-10-13/h6-10,12H,5,11H2,1-4H3,(H,18,21). The Morgan fingerprint density at radius 2 is 1.82 bits per heavy atom. The molecule has 0 radical (unpaired) electrons. The molecule has 1 N–H and O–H groups in total. The van der Waals surface area contributed by atoms with Gasteiger partial charge in [-0.15, -0.1) is 0 Å². The maximum Gasteiger partial charge on any atom is 0.291 e. The topological polar surface area (TPSA) is 56.0 Å². The minimum absolute atomic E-state index is 0.164. The fourth-order valence-corrected chi connectivity index (χ4v) is 2.68. The number of benzene rings is 1. The highest BCUT2D eigenvalue weighted by Gasteiger charge is 2.29. The summed E-state index contributed by atoms with van der Waals surface area (Å²) in [5.74, 6) is 0. The van der Waals surface area contributed by atoms with Crippen LogP contribution in [-0.4, -0.2) is 15.8 Å². The lowest BCUT2D eigenvalue weighted by molar-refractivity contribution is -0.105. The molecule has 0 atom stereocenters. The molecule has 0 fully saturated rings. The summed E-state index contributed by atoms with van der Waals surface area (Å²) in [6.07, 6.45) is 1.40. The maximum atomic E-state index is 12.7. The number of aromatic nitrogens is 2. The van der Waals surface area contributed by atoms with Crippen molar-refractivity contribution >= 4 is 12.1 Å². The van der Waals surface area contributed by atoms with Crippen LogP contribution in [0.15, 0.2) is 35.1 Å². The zero-order valence-corrected chi connectivity index (χ0v) is 13.6. The first-order chi connectivity index (χ1) is 10.4. The van der Waals surface area contributed by atoms with Crippen molar-refractivity contribution in [1.29, 1.82) is 0 Å². The predicted molar refractivity (Wildman–Crippen MR) is 88.7 cm³/mol. The molecule has 0 spiro atoms. The van der Waals surface area contributed by atoms with Crippen molar-refractivity contribution in [3.63, 3.8) is 0 Å². The van der Waals surface area contributed by atoms with E-state index in [9.17, 15) is 9.59 Å². The Kier molecular flexibility index (Phi) is 4.54. The molecule has 22 heavy (non-hydrogen) atoms. The van der Waals surface area contributed by atoms with Gasteiger partial charge in [0.2, 0.25) is 6.41 Å². The lowest BCUT2D eigenvalue weighted by Crippen LogP contribution is -2.24. The molecule has 1 aromatic heterocycles. The molecular formula is C17H23N3O2. The molecule has 0 aliphatic rings. The molecule has 2 aromatic rings. The normalized spacial score (nSPS) is 11.5. The SMILES string of the molecule is CCCn1c(=O)c(NC=O)c(C(C)(C)C)n1-c1ccccc1. The monoisotopic (exact) mass is 301 g/mol. The van der Waals surface area contributed by atoms with Crippen LogP contribution in [0.1, 0.15) is 39.8 Å². The number of rotatable bonds is 5. The Balaban J connectivity index is 2.86. The summed E-state index contributed by atoms with van der Waals surface area (Å²) in [7, 11) is 0. The zero-order valence-electron chi connectivity index (χ0n) is 13.6. The highest BCUT2D eigenvalue weighted by atomic mass is 16.1. The largest absolute Gasteiger partial charge is 0.323 e. The average molecular weight is 301 g/mol. The van der Waals surface area contributed by atoms with E-state index in [1.807, 2.05) is 62.7 Å². The second-order valence-corrected chi connectivity index (χ2v) is 6.31. The quantitative estimate of drug-likeness (QED) is 0.863. The molecule has 118 valence electrons. The van der Waals surface area contributed by atoms with Crippen molar-refractivity contribution < 1.29 is 4.79 Å². The van der Waals surface area contributed by atoms with Gasteiger partial charge in [0, 0.05) is 12.0 Å². The predicted octanol–water partition coefficient (Wildman–Crippen LogP) is 2.91. The second-order valence-electron chi connectivity index (χ2n) is 6.31. The Morgan fingerprint density at radius 3 is 2.32 bits per heavy atom. The van der Waals surface area contributed by atoms with Gasteiger partial charge in [-0.2, -0.15) is 0 Å². The van der Waals surface area contributed by atoms with Crippen LogP contribution in [0.3, 0.4) is 0 Å². The number of anilines is 1. The van der Waals surface area contributed by atoms with E-state index < -0.39 is 0 Å². The first-order valence-corrected chi connectivity index (χ1v) is 7.53. The Morgan fingerprint density at radius 1 is 1.18 bits per heavy atom. The summed E-state index contributed by atoms with van der Waals surface area (Å²) in [5, 5.41) is 2.61. The molecule has 0 aliphatic carbocycles. The van der Waals surface area contributed by atoms with Crippen LogP contribution in [0.4, 0.5) is 5.69 Å². The number of hydrogen-bond donors (Lipinski definition) is 1. The van der Waals surface area contributed by atoms with E-state index in [1.54, 1.807) is 4.68 Å². The van der Waals surface area contributed by atoms with E-state index in [1.165, 1.54) is 0 Å². The summed E-state index contributed by atoms with van der Waals surface area (Å²) in [6.45, 7) is 8.73. The van der Waals surface area contributed by atoms with E-state index >= 15 is 0 Å². The number of carbonyl (C=O) groups is 1. The second kappa shape index (κ2) is 6.22. The average Bonchev–Trinajstić information content (AvgIpc) is 2.75.